The Morgan fingerprint density at radius 3 is 2.44 bits per heavy atom. The normalized spacial score (nSPS) is 12.1. The number of pyridine rings is 2. The van der Waals surface area contributed by atoms with E-state index in [0.29, 0.717) is 5.52 Å². The van der Waals surface area contributed by atoms with Gasteiger partial charge < -0.3 is 0 Å². The van der Waals surface area contributed by atoms with Gasteiger partial charge in [-0.1, -0.05) is 6.07 Å². The molecule has 0 aliphatic heterocycles. The maximum absolute atomic E-state index is 11.5. The Labute approximate surface area is 104 Å². The molecule has 18 heavy (non-hydrogen) atoms. The zero-order chi connectivity index (χ0) is 12.8. The van der Waals surface area contributed by atoms with E-state index in [1.165, 1.54) is 6.07 Å². The highest BCUT2D eigenvalue weighted by Gasteiger charge is 2.10. The molecule has 2 aromatic heterocycles. The van der Waals surface area contributed by atoms with Crippen molar-refractivity contribution in [1.82, 2.24) is 9.97 Å². The van der Waals surface area contributed by atoms with Gasteiger partial charge in [0.2, 0.25) is 0 Å². The van der Waals surface area contributed by atoms with Crippen LogP contribution >= 0.6 is 0 Å². The summed E-state index contributed by atoms with van der Waals surface area (Å²) in [6.45, 7) is 0. The molecule has 0 fully saturated rings. The fourth-order valence-corrected chi connectivity index (χ4v) is 2.53. The summed E-state index contributed by atoms with van der Waals surface area (Å²) in [6.07, 6.45) is 2.89. The highest BCUT2D eigenvalue weighted by atomic mass is 32.2. The minimum absolute atomic E-state index is 0.0956. The second kappa shape index (κ2) is 3.74. The largest absolute Gasteiger partial charge is 0.256 e. The summed E-state index contributed by atoms with van der Waals surface area (Å²) in [5, 5.41) is 1.98. The summed E-state index contributed by atoms with van der Waals surface area (Å²) in [5.74, 6) is 0. The van der Waals surface area contributed by atoms with Crippen molar-refractivity contribution in [2.45, 2.75) is 5.03 Å². The van der Waals surface area contributed by atoms with Crippen molar-refractivity contribution < 1.29 is 8.42 Å². The smallest absolute Gasteiger partial charge is 0.192 e. The Hall–Kier alpha value is -2.01. The van der Waals surface area contributed by atoms with Crippen LogP contribution in [0.15, 0.2) is 47.6 Å². The Balaban J connectivity index is 2.42. The number of nitrogens with zero attached hydrogens (tertiary/aromatic N) is 2. The second-order valence-corrected chi connectivity index (χ2v) is 6.09. The number of aromatic nitrogens is 2. The van der Waals surface area contributed by atoms with Gasteiger partial charge in [-0.25, -0.2) is 13.4 Å². The third kappa shape index (κ3) is 1.73. The van der Waals surface area contributed by atoms with Crippen molar-refractivity contribution >= 4 is 31.6 Å². The van der Waals surface area contributed by atoms with E-state index in [1.54, 1.807) is 18.3 Å². The van der Waals surface area contributed by atoms with Crippen LogP contribution in [-0.4, -0.2) is 24.6 Å². The molecule has 5 heteroatoms. The van der Waals surface area contributed by atoms with Crippen LogP contribution in [0.25, 0.3) is 21.8 Å². The molecule has 0 bridgehead atoms. The fourth-order valence-electron chi connectivity index (χ4n) is 1.95. The first kappa shape index (κ1) is 11.1. The van der Waals surface area contributed by atoms with Crippen LogP contribution in [0.4, 0.5) is 0 Å². The molecular formula is C13H10N2O2S. The quantitative estimate of drug-likeness (QED) is 0.628. The van der Waals surface area contributed by atoms with Crippen LogP contribution < -0.4 is 0 Å². The summed E-state index contributed by atoms with van der Waals surface area (Å²) in [6, 6.07) is 10.8. The minimum atomic E-state index is -3.27. The average molecular weight is 258 g/mol. The molecule has 0 N–H and O–H groups in total. The van der Waals surface area contributed by atoms with Crippen molar-refractivity contribution in [1.29, 1.82) is 0 Å². The predicted molar refractivity (Wildman–Crippen MR) is 70.2 cm³/mol. The first-order valence-electron chi connectivity index (χ1n) is 5.40. The molecule has 4 nitrogen and oxygen atoms in total. The van der Waals surface area contributed by atoms with E-state index < -0.39 is 9.84 Å². The zero-order valence-electron chi connectivity index (χ0n) is 9.66. The summed E-state index contributed by atoms with van der Waals surface area (Å²) in [4.78, 5) is 8.44. The summed E-state index contributed by atoms with van der Waals surface area (Å²) in [5.41, 5.74) is 1.54. The maximum Gasteiger partial charge on any atom is 0.192 e. The van der Waals surface area contributed by atoms with Crippen molar-refractivity contribution in [2.24, 2.45) is 0 Å². The number of rotatable bonds is 1. The predicted octanol–water partition coefficient (Wildman–Crippen LogP) is 2.19. The van der Waals surface area contributed by atoms with Crippen molar-refractivity contribution in [2.75, 3.05) is 6.26 Å². The number of hydrogen-bond donors (Lipinski definition) is 0. The van der Waals surface area contributed by atoms with Crippen LogP contribution in [0, 0.1) is 0 Å². The van der Waals surface area contributed by atoms with Crippen LogP contribution in [0.1, 0.15) is 0 Å². The van der Waals surface area contributed by atoms with Crippen LogP contribution in [0.2, 0.25) is 0 Å². The standard InChI is InChI=1S/C13H10N2O2S/c1-18(16,17)13-7-4-10-9-3-2-8-14-11(9)5-6-12(10)15-13/h2-8H,1H3. The van der Waals surface area contributed by atoms with Crippen molar-refractivity contribution in [3.63, 3.8) is 0 Å². The molecule has 2 heterocycles. The Bertz CT molecular complexity index is 857. The van der Waals surface area contributed by atoms with Gasteiger partial charge >= 0.3 is 0 Å². The number of fused-ring (bicyclic) bond motifs is 3. The van der Waals surface area contributed by atoms with Crippen LogP contribution in [0.5, 0.6) is 0 Å². The molecule has 0 unspecified atom stereocenters. The van der Waals surface area contributed by atoms with Gasteiger partial charge in [0.05, 0.1) is 11.0 Å². The second-order valence-electron chi connectivity index (χ2n) is 4.12. The highest BCUT2D eigenvalue weighted by molar-refractivity contribution is 7.90. The fraction of sp³-hybridized carbons (Fsp3) is 0.0769. The van der Waals surface area contributed by atoms with E-state index in [-0.39, 0.29) is 5.03 Å². The van der Waals surface area contributed by atoms with Gasteiger partial charge in [0.25, 0.3) is 0 Å². The highest BCUT2D eigenvalue weighted by Crippen LogP contribution is 2.23. The SMILES string of the molecule is CS(=O)(=O)c1ccc2c(ccc3ncccc32)n1. The number of hydrogen-bond acceptors (Lipinski definition) is 4. The third-order valence-corrected chi connectivity index (χ3v) is 3.79. The van der Waals surface area contributed by atoms with Gasteiger partial charge in [0, 0.05) is 23.2 Å². The van der Waals surface area contributed by atoms with Gasteiger partial charge in [-0.3, -0.25) is 4.98 Å². The average Bonchev–Trinajstić information content (AvgIpc) is 2.37. The molecule has 0 aliphatic rings. The van der Waals surface area contributed by atoms with Crippen molar-refractivity contribution in [3.8, 4) is 0 Å². The molecule has 0 atom stereocenters. The molecular weight excluding hydrogens is 248 g/mol. The van der Waals surface area contributed by atoms with Gasteiger partial charge in [-0.15, -0.1) is 0 Å². The van der Waals surface area contributed by atoms with Crippen LogP contribution in [-0.2, 0) is 9.84 Å². The third-order valence-electron chi connectivity index (χ3n) is 2.81. The van der Waals surface area contributed by atoms with Crippen molar-refractivity contribution in [3.05, 3.63) is 42.6 Å². The molecule has 0 saturated heterocycles. The van der Waals surface area contributed by atoms with E-state index in [4.69, 9.17) is 0 Å². The van der Waals surface area contributed by atoms with E-state index in [9.17, 15) is 8.42 Å². The lowest BCUT2D eigenvalue weighted by molar-refractivity contribution is 0.599. The van der Waals surface area contributed by atoms with E-state index >= 15 is 0 Å². The summed E-state index contributed by atoms with van der Waals surface area (Å²) in [7, 11) is -3.27. The molecule has 0 saturated carbocycles. The minimum Gasteiger partial charge on any atom is -0.256 e. The molecule has 1 aromatic carbocycles. The topological polar surface area (TPSA) is 59.9 Å². The lowest BCUT2D eigenvalue weighted by atomic mass is 10.1. The monoisotopic (exact) mass is 258 g/mol. The van der Waals surface area contributed by atoms with Gasteiger partial charge in [0.1, 0.15) is 0 Å². The molecule has 3 aromatic rings. The number of benzene rings is 1. The molecule has 3 rings (SSSR count). The summed E-state index contributed by atoms with van der Waals surface area (Å²) < 4.78 is 22.9. The molecule has 0 amide bonds. The Morgan fingerprint density at radius 2 is 1.67 bits per heavy atom. The Morgan fingerprint density at radius 1 is 0.944 bits per heavy atom. The van der Waals surface area contributed by atoms with E-state index in [0.717, 1.165) is 22.5 Å². The maximum atomic E-state index is 11.5. The first-order valence-corrected chi connectivity index (χ1v) is 7.29. The van der Waals surface area contributed by atoms with Gasteiger partial charge in [0.15, 0.2) is 14.9 Å². The molecule has 0 aliphatic carbocycles. The van der Waals surface area contributed by atoms with Crippen LogP contribution in [0.3, 0.4) is 0 Å². The van der Waals surface area contributed by atoms with Gasteiger partial charge in [-0.2, -0.15) is 0 Å². The Kier molecular flexibility index (Phi) is 2.31. The lowest BCUT2D eigenvalue weighted by Crippen LogP contribution is -2.00. The molecule has 90 valence electrons. The van der Waals surface area contributed by atoms with E-state index in [1.807, 2.05) is 18.2 Å². The first-order chi connectivity index (χ1) is 8.55. The lowest BCUT2D eigenvalue weighted by Gasteiger charge is -2.04. The van der Waals surface area contributed by atoms with E-state index in [2.05, 4.69) is 9.97 Å². The zero-order valence-corrected chi connectivity index (χ0v) is 10.5. The molecule has 0 radical (unpaired) electrons. The number of sulfone groups is 1. The summed E-state index contributed by atoms with van der Waals surface area (Å²) >= 11 is 0. The molecule has 0 spiro atoms. The van der Waals surface area contributed by atoms with Gasteiger partial charge in [-0.05, 0) is 30.3 Å².